The molecule has 2 aromatic heterocycles. The largest absolute Gasteiger partial charge is 0.465 e. The molecule has 0 bridgehead atoms. The van der Waals surface area contributed by atoms with Crippen LogP contribution in [0.4, 0.5) is 0 Å². The van der Waals surface area contributed by atoms with E-state index in [1.807, 2.05) is 0 Å². The third-order valence-electron chi connectivity index (χ3n) is 2.57. The van der Waals surface area contributed by atoms with E-state index in [-0.39, 0.29) is 5.56 Å². The summed E-state index contributed by atoms with van der Waals surface area (Å²) in [7, 11) is 1.30. The van der Waals surface area contributed by atoms with E-state index >= 15 is 0 Å². The molecule has 0 spiro atoms. The van der Waals surface area contributed by atoms with Gasteiger partial charge in [0, 0.05) is 18.8 Å². The van der Waals surface area contributed by atoms with Gasteiger partial charge in [-0.25, -0.2) is 4.79 Å². The zero-order chi connectivity index (χ0) is 13.1. The summed E-state index contributed by atoms with van der Waals surface area (Å²) in [6.07, 6.45) is 3.04. The molecule has 5 nitrogen and oxygen atoms in total. The van der Waals surface area contributed by atoms with Crippen LogP contribution in [0.15, 0.2) is 41.8 Å². The lowest BCUT2D eigenvalue weighted by molar-refractivity contribution is 0.0600. The number of allylic oxidation sites excluding steroid dienone is 1. The van der Waals surface area contributed by atoms with Gasteiger partial charge in [0.25, 0.3) is 5.56 Å². The Morgan fingerprint density at radius 1 is 1.56 bits per heavy atom. The molecule has 2 aromatic rings. The maximum atomic E-state index is 11.7. The monoisotopic (exact) mass is 244 g/mol. The molecule has 0 saturated heterocycles. The Hall–Kier alpha value is -2.43. The Morgan fingerprint density at radius 3 is 3.00 bits per heavy atom. The number of aromatic nitrogens is 2. The second kappa shape index (κ2) is 4.83. The van der Waals surface area contributed by atoms with E-state index in [4.69, 9.17) is 0 Å². The molecule has 18 heavy (non-hydrogen) atoms. The predicted molar refractivity (Wildman–Crippen MR) is 67.5 cm³/mol. The average molecular weight is 244 g/mol. The van der Waals surface area contributed by atoms with E-state index < -0.39 is 5.97 Å². The number of esters is 1. The Kier molecular flexibility index (Phi) is 3.23. The fourth-order valence-corrected chi connectivity index (χ4v) is 1.71. The molecule has 0 aliphatic carbocycles. The molecule has 92 valence electrons. The lowest BCUT2D eigenvalue weighted by atomic mass is 10.2. The molecular weight excluding hydrogens is 232 g/mol. The minimum Gasteiger partial charge on any atom is -0.465 e. The smallest absolute Gasteiger partial charge is 0.339 e. The normalized spacial score (nSPS) is 10.3. The average Bonchev–Trinajstić information content (AvgIpc) is 2.40. The maximum absolute atomic E-state index is 11.7. The summed E-state index contributed by atoms with van der Waals surface area (Å²) in [5, 5.41) is 0. The first-order valence-electron chi connectivity index (χ1n) is 5.36. The van der Waals surface area contributed by atoms with E-state index in [9.17, 15) is 9.59 Å². The molecule has 0 aromatic carbocycles. The van der Waals surface area contributed by atoms with Gasteiger partial charge in [-0.15, -0.1) is 6.58 Å². The van der Waals surface area contributed by atoms with Gasteiger partial charge in [0.05, 0.1) is 23.7 Å². The van der Waals surface area contributed by atoms with E-state index in [1.165, 1.54) is 23.9 Å². The van der Waals surface area contributed by atoms with Crippen molar-refractivity contribution >= 4 is 17.0 Å². The third-order valence-corrected chi connectivity index (χ3v) is 2.57. The van der Waals surface area contributed by atoms with Gasteiger partial charge in [0.1, 0.15) is 0 Å². The van der Waals surface area contributed by atoms with Crippen molar-refractivity contribution in [1.82, 2.24) is 9.55 Å². The van der Waals surface area contributed by atoms with Crippen LogP contribution in [0.25, 0.3) is 11.0 Å². The molecule has 0 fully saturated rings. The minimum atomic E-state index is -0.481. The summed E-state index contributed by atoms with van der Waals surface area (Å²) in [4.78, 5) is 27.3. The van der Waals surface area contributed by atoms with Crippen LogP contribution in [0, 0.1) is 0 Å². The molecule has 0 N–H and O–H groups in total. The minimum absolute atomic E-state index is 0.161. The summed E-state index contributed by atoms with van der Waals surface area (Å²) in [5.41, 5.74) is 1.38. The zero-order valence-corrected chi connectivity index (χ0v) is 9.92. The standard InChI is InChI=1S/C13H12N2O3/c1-3-6-15-11-7-9(13(17)18-2)8-14-10(11)4-5-12(15)16/h3-5,7-8H,1,6H2,2H3. The van der Waals surface area contributed by atoms with Crippen LogP contribution in [0.3, 0.4) is 0 Å². The highest BCUT2D eigenvalue weighted by Crippen LogP contribution is 2.12. The summed E-state index contributed by atoms with van der Waals surface area (Å²) in [6.45, 7) is 3.97. The lowest BCUT2D eigenvalue weighted by Crippen LogP contribution is -2.19. The Balaban J connectivity index is 2.72. The number of carbonyl (C=O) groups is 1. The Morgan fingerprint density at radius 2 is 2.33 bits per heavy atom. The molecule has 0 saturated carbocycles. The van der Waals surface area contributed by atoms with Crippen molar-refractivity contribution in [3.05, 3.63) is 53.0 Å². The van der Waals surface area contributed by atoms with Crippen molar-refractivity contribution in [2.24, 2.45) is 0 Å². The highest BCUT2D eigenvalue weighted by Gasteiger charge is 2.09. The molecule has 2 heterocycles. The molecule has 5 heteroatoms. The number of carbonyl (C=O) groups excluding carboxylic acids is 1. The molecule has 0 atom stereocenters. The summed E-state index contributed by atoms with van der Waals surface area (Å²) in [5.74, 6) is -0.481. The Bertz CT molecular complexity index is 673. The number of fused-ring (bicyclic) bond motifs is 1. The third kappa shape index (κ3) is 2.02. The SMILES string of the molecule is C=CCn1c(=O)ccc2ncc(C(=O)OC)cc21. The first kappa shape index (κ1) is 12.0. The van der Waals surface area contributed by atoms with Gasteiger partial charge in [0.2, 0.25) is 0 Å². The van der Waals surface area contributed by atoms with Crippen LogP contribution < -0.4 is 5.56 Å². The quantitative estimate of drug-likeness (QED) is 0.604. The molecule has 0 aliphatic heterocycles. The lowest BCUT2D eigenvalue weighted by Gasteiger charge is -2.08. The van der Waals surface area contributed by atoms with E-state index in [2.05, 4.69) is 16.3 Å². The second-order valence-electron chi connectivity index (χ2n) is 3.69. The number of methoxy groups -OCH3 is 1. The molecule has 2 rings (SSSR count). The topological polar surface area (TPSA) is 61.2 Å². The van der Waals surface area contributed by atoms with Gasteiger partial charge in [-0.3, -0.25) is 9.78 Å². The number of hydrogen-bond donors (Lipinski definition) is 0. The van der Waals surface area contributed by atoms with Crippen molar-refractivity contribution in [1.29, 1.82) is 0 Å². The van der Waals surface area contributed by atoms with E-state index in [0.29, 0.717) is 23.1 Å². The Labute approximate surface area is 103 Å². The summed E-state index contributed by atoms with van der Waals surface area (Å²) >= 11 is 0. The first-order valence-corrected chi connectivity index (χ1v) is 5.36. The van der Waals surface area contributed by atoms with Crippen LogP contribution in [-0.4, -0.2) is 22.6 Å². The molecule has 0 aliphatic rings. The van der Waals surface area contributed by atoms with Crippen molar-refractivity contribution in [3.8, 4) is 0 Å². The van der Waals surface area contributed by atoms with Crippen LogP contribution in [-0.2, 0) is 11.3 Å². The van der Waals surface area contributed by atoms with Crippen LogP contribution in [0.1, 0.15) is 10.4 Å². The number of hydrogen-bond acceptors (Lipinski definition) is 4. The van der Waals surface area contributed by atoms with Gasteiger partial charge in [-0.1, -0.05) is 6.08 Å². The molecular formula is C13H12N2O3. The van der Waals surface area contributed by atoms with Crippen molar-refractivity contribution in [2.45, 2.75) is 6.54 Å². The number of pyridine rings is 2. The number of rotatable bonds is 3. The highest BCUT2D eigenvalue weighted by atomic mass is 16.5. The van der Waals surface area contributed by atoms with Crippen molar-refractivity contribution < 1.29 is 9.53 Å². The number of ether oxygens (including phenoxy) is 1. The fraction of sp³-hybridized carbons (Fsp3) is 0.154. The summed E-state index contributed by atoms with van der Waals surface area (Å²) in [6, 6.07) is 4.66. The molecule has 0 radical (unpaired) electrons. The van der Waals surface area contributed by atoms with E-state index in [1.54, 1.807) is 18.2 Å². The van der Waals surface area contributed by atoms with Gasteiger partial charge in [-0.05, 0) is 12.1 Å². The molecule has 0 amide bonds. The van der Waals surface area contributed by atoms with Crippen molar-refractivity contribution in [2.75, 3.05) is 7.11 Å². The second-order valence-corrected chi connectivity index (χ2v) is 3.69. The van der Waals surface area contributed by atoms with Gasteiger partial charge in [-0.2, -0.15) is 0 Å². The molecule has 0 unspecified atom stereocenters. The fourth-order valence-electron chi connectivity index (χ4n) is 1.71. The summed E-state index contributed by atoms with van der Waals surface area (Å²) < 4.78 is 6.13. The first-order chi connectivity index (χ1) is 8.67. The van der Waals surface area contributed by atoms with Crippen LogP contribution in [0.2, 0.25) is 0 Å². The highest BCUT2D eigenvalue weighted by molar-refractivity contribution is 5.92. The van der Waals surface area contributed by atoms with Gasteiger partial charge < -0.3 is 9.30 Å². The van der Waals surface area contributed by atoms with Crippen molar-refractivity contribution in [3.63, 3.8) is 0 Å². The van der Waals surface area contributed by atoms with Crippen LogP contribution in [0.5, 0.6) is 0 Å². The maximum Gasteiger partial charge on any atom is 0.339 e. The van der Waals surface area contributed by atoms with Crippen LogP contribution >= 0.6 is 0 Å². The van der Waals surface area contributed by atoms with Gasteiger partial charge in [0.15, 0.2) is 0 Å². The predicted octanol–water partition coefficient (Wildman–Crippen LogP) is 1.37. The zero-order valence-electron chi connectivity index (χ0n) is 9.92. The number of nitrogens with zero attached hydrogens (tertiary/aromatic N) is 2. The van der Waals surface area contributed by atoms with E-state index in [0.717, 1.165) is 0 Å². The van der Waals surface area contributed by atoms with Gasteiger partial charge >= 0.3 is 5.97 Å².